The van der Waals surface area contributed by atoms with Gasteiger partial charge in [-0.2, -0.15) is 0 Å². The van der Waals surface area contributed by atoms with Crippen molar-refractivity contribution in [2.24, 2.45) is 0 Å². The molecule has 0 aromatic heterocycles. The van der Waals surface area contributed by atoms with Crippen molar-refractivity contribution < 1.29 is 19.1 Å². The molecule has 1 fully saturated rings. The average molecular weight is 353 g/mol. The molecule has 0 aromatic carbocycles. The second-order valence-electron chi connectivity index (χ2n) is 5.68. The number of alkyl halides is 2. The second-order valence-corrected chi connectivity index (χ2v) is 6.44. The number of ether oxygens (including phenoxy) is 2. The summed E-state index contributed by atoms with van der Waals surface area (Å²) < 4.78 is 10.9. The maximum Gasteiger partial charge on any atom is 0.306 e. The zero-order chi connectivity index (χ0) is 16.2. The van der Waals surface area contributed by atoms with Crippen LogP contribution < -0.4 is 0 Å². The van der Waals surface area contributed by atoms with E-state index in [1.165, 1.54) is 0 Å². The molecular weight excluding hydrogens is 327 g/mol. The largest absolute Gasteiger partial charge is 0.462 e. The molecule has 22 heavy (non-hydrogen) atoms. The van der Waals surface area contributed by atoms with Gasteiger partial charge in [-0.05, 0) is 44.9 Å². The first-order chi connectivity index (χ1) is 10.7. The minimum Gasteiger partial charge on any atom is -0.462 e. The van der Waals surface area contributed by atoms with E-state index in [1.807, 2.05) is 0 Å². The van der Waals surface area contributed by atoms with Gasteiger partial charge in [0.2, 0.25) is 0 Å². The van der Waals surface area contributed by atoms with E-state index in [9.17, 15) is 9.59 Å². The van der Waals surface area contributed by atoms with Crippen molar-refractivity contribution in [3.05, 3.63) is 0 Å². The third-order valence-electron chi connectivity index (χ3n) is 3.70. The Bertz CT molecular complexity index is 306. The van der Waals surface area contributed by atoms with Crippen molar-refractivity contribution >= 4 is 35.1 Å². The Kier molecular flexibility index (Phi) is 10.7. The summed E-state index contributed by atoms with van der Waals surface area (Å²) in [7, 11) is 0. The lowest BCUT2D eigenvalue weighted by Gasteiger charge is -2.28. The highest BCUT2D eigenvalue weighted by Crippen LogP contribution is 2.24. The van der Waals surface area contributed by atoms with Crippen molar-refractivity contribution in [1.82, 2.24) is 0 Å². The van der Waals surface area contributed by atoms with E-state index in [0.717, 1.165) is 44.9 Å². The monoisotopic (exact) mass is 352 g/mol. The second kappa shape index (κ2) is 12.0. The predicted octanol–water partition coefficient (Wildman–Crippen LogP) is 4.20. The summed E-state index contributed by atoms with van der Waals surface area (Å²) in [6, 6.07) is 0. The smallest absolute Gasteiger partial charge is 0.306 e. The van der Waals surface area contributed by atoms with Gasteiger partial charge in [0.1, 0.15) is 12.2 Å². The van der Waals surface area contributed by atoms with Crippen LogP contribution in [-0.2, 0) is 19.1 Å². The van der Waals surface area contributed by atoms with E-state index in [1.54, 1.807) is 0 Å². The fourth-order valence-electron chi connectivity index (χ4n) is 2.53. The summed E-state index contributed by atoms with van der Waals surface area (Å²) in [4.78, 5) is 23.4. The average Bonchev–Trinajstić information content (AvgIpc) is 2.48. The number of esters is 2. The van der Waals surface area contributed by atoms with E-state index in [2.05, 4.69) is 0 Å². The Hall–Kier alpha value is -0.480. The van der Waals surface area contributed by atoms with Crippen LogP contribution in [0.5, 0.6) is 0 Å². The molecule has 0 radical (unpaired) electrons. The fourth-order valence-corrected chi connectivity index (χ4v) is 2.91. The molecule has 0 saturated heterocycles. The molecule has 0 aliphatic heterocycles. The maximum atomic E-state index is 11.7. The first kappa shape index (κ1) is 19.6. The lowest BCUT2D eigenvalue weighted by Crippen LogP contribution is -2.31. The first-order valence-corrected chi connectivity index (χ1v) is 9.23. The number of carbonyl (C=O) groups excluding carboxylic acids is 2. The van der Waals surface area contributed by atoms with Crippen LogP contribution in [0.25, 0.3) is 0 Å². The van der Waals surface area contributed by atoms with Gasteiger partial charge in [-0.15, -0.1) is 23.2 Å². The van der Waals surface area contributed by atoms with E-state index >= 15 is 0 Å². The molecule has 0 bridgehead atoms. The van der Waals surface area contributed by atoms with Crippen LogP contribution in [-0.4, -0.2) is 35.9 Å². The normalized spacial score (nSPS) is 21.4. The van der Waals surface area contributed by atoms with Gasteiger partial charge < -0.3 is 9.47 Å². The van der Waals surface area contributed by atoms with Gasteiger partial charge in [-0.3, -0.25) is 9.59 Å². The quantitative estimate of drug-likeness (QED) is 0.336. The minimum atomic E-state index is -0.177. The molecule has 1 rings (SSSR count). The summed E-state index contributed by atoms with van der Waals surface area (Å²) in [5, 5.41) is 0. The van der Waals surface area contributed by atoms with Gasteiger partial charge in [0.25, 0.3) is 0 Å². The third kappa shape index (κ3) is 8.84. The van der Waals surface area contributed by atoms with Crippen LogP contribution in [0, 0.1) is 0 Å². The third-order valence-corrected chi connectivity index (χ3v) is 4.24. The van der Waals surface area contributed by atoms with Crippen LogP contribution in [0.1, 0.15) is 64.2 Å². The van der Waals surface area contributed by atoms with Crippen LogP contribution >= 0.6 is 23.2 Å². The highest BCUT2D eigenvalue weighted by atomic mass is 35.5. The van der Waals surface area contributed by atoms with Crippen molar-refractivity contribution in [1.29, 1.82) is 0 Å². The number of hydrogen-bond acceptors (Lipinski definition) is 4. The van der Waals surface area contributed by atoms with Crippen LogP contribution in [0.3, 0.4) is 0 Å². The summed E-state index contributed by atoms with van der Waals surface area (Å²) in [6.45, 7) is 0. The Morgan fingerprint density at radius 1 is 0.818 bits per heavy atom. The van der Waals surface area contributed by atoms with Gasteiger partial charge in [-0.1, -0.05) is 0 Å². The Morgan fingerprint density at radius 3 is 1.68 bits per heavy atom. The van der Waals surface area contributed by atoms with Gasteiger partial charge in [0.05, 0.1) is 0 Å². The molecule has 0 heterocycles. The Morgan fingerprint density at radius 2 is 1.27 bits per heavy atom. The van der Waals surface area contributed by atoms with Gasteiger partial charge in [-0.25, -0.2) is 0 Å². The van der Waals surface area contributed by atoms with Gasteiger partial charge in [0.15, 0.2) is 0 Å². The topological polar surface area (TPSA) is 52.6 Å². The van der Waals surface area contributed by atoms with E-state index in [0.29, 0.717) is 31.0 Å². The summed E-state index contributed by atoms with van der Waals surface area (Å²) >= 11 is 11.2. The first-order valence-electron chi connectivity index (χ1n) is 8.16. The molecule has 0 aromatic rings. The molecular formula is C16H26Cl2O4. The van der Waals surface area contributed by atoms with E-state index in [-0.39, 0.29) is 24.1 Å². The molecule has 2 atom stereocenters. The fraction of sp³-hybridized carbons (Fsp3) is 0.875. The number of rotatable bonds is 10. The number of unbranched alkanes of at least 4 members (excludes halogenated alkanes) is 2. The molecule has 1 saturated carbocycles. The molecule has 0 amide bonds. The molecule has 128 valence electrons. The van der Waals surface area contributed by atoms with Gasteiger partial charge >= 0.3 is 11.9 Å². The zero-order valence-corrected chi connectivity index (χ0v) is 14.5. The van der Waals surface area contributed by atoms with E-state index in [4.69, 9.17) is 32.7 Å². The molecule has 4 nitrogen and oxygen atoms in total. The number of carbonyl (C=O) groups is 2. The van der Waals surface area contributed by atoms with Crippen LogP contribution in [0.4, 0.5) is 0 Å². The van der Waals surface area contributed by atoms with Gasteiger partial charge in [0, 0.05) is 31.0 Å². The molecule has 2 unspecified atom stereocenters. The summed E-state index contributed by atoms with van der Waals surface area (Å²) in [5.74, 6) is 0.782. The Balaban J connectivity index is 2.23. The lowest BCUT2D eigenvalue weighted by atomic mass is 9.94. The molecule has 6 heteroatoms. The SMILES string of the molecule is O=C(CCCCCl)OC1CCCC(OC(=O)CCCCCl)C1. The highest BCUT2D eigenvalue weighted by molar-refractivity contribution is 6.18. The van der Waals surface area contributed by atoms with Crippen LogP contribution in [0.15, 0.2) is 0 Å². The van der Waals surface area contributed by atoms with Crippen molar-refractivity contribution in [3.8, 4) is 0 Å². The molecule has 1 aliphatic carbocycles. The summed E-state index contributed by atoms with van der Waals surface area (Å²) in [5.41, 5.74) is 0. The predicted molar refractivity (Wildman–Crippen MR) is 87.4 cm³/mol. The highest BCUT2D eigenvalue weighted by Gasteiger charge is 2.27. The molecule has 1 aliphatic rings. The molecule has 0 N–H and O–H groups in total. The minimum absolute atomic E-state index is 0.127. The summed E-state index contributed by atoms with van der Waals surface area (Å²) in [6.07, 6.45) is 6.95. The number of halogens is 2. The van der Waals surface area contributed by atoms with Crippen molar-refractivity contribution in [2.45, 2.75) is 76.4 Å². The maximum absolute atomic E-state index is 11.7. The standard InChI is InChI=1S/C16H26Cl2O4/c17-10-3-1-8-15(19)21-13-6-5-7-14(12-13)22-16(20)9-2-4-11-18/h13-14H,1-12H2. The molecule has 0 spiro atoms. The Labute approximate surface area is 142 Å². The number of hydrogen-bond donors (Lipinski definition) is 0. The van der Waals surface area contributed by atoms with E-state index < -0.39 is 0 Å². The zero-order valence-electron chi connectivity index (χ0n) is 13.0. The van der Waals surface area contributed by atoms with Crippen molar-refractivity contribution in [2.75, 3.05) is 11.8 Å². The van der Waals surface area contributed by atoms with Crippen LogP contribution in [0.2, 0.25) is 0 Å². The lowest BCUT2D eigenvalue weighted by molar-refractivity contribution is -0.158. The van der Waals surface area contributed by atoms with Crippen molar-refractivity contribution in [3.63, 3.8) is 0 Å².